The normalized spacial score (nSPS) is 26.0. The van der Waals surface area contributed by atoms with Crippen LogP contribution in [0, 0.1) is 0 Å². The van der Waals surface area contributed by atoms with Gasteiger partial charge in [-0.3, -0.25) is 4.98 Å². The fraction of sp³-hybridized carbons (Fsp3) is 0.500. The van der Waals surface area contributed by atoms with E-state index in [-0.39, 0.29) is 18.5 Å². The molecule has 0 aliphatic carbocycles. The van der Waals surface area contributed by atoms with Crippen molar-refractivity contribution in [2.75, 3.05) is 13.1 Å². The molecule has 2 nitrogen and oxygen atoms in total. The smallest absolute Gasteiger partial charge is 0.313 e. The third-order valence-corrected chi connectivity index (χ3v) is 2.71. The molecule has 1 aliphatic heterocycles. The molecule has 16 heavy (non-hydrogen) atoms. The molecule has 0 spiro atoms. The summed E-state index contributed by atoms with van der Waals surface area (Å²) in [7, 11) is 0. The Kier molecular flexibility index (Phi) is 2.61. The van der Waals surface area contributed by atoms with E-state index >= 15 is 0 Å². The Morgan fingerprint density at radius 3 is 2.69 bits per heavy atom. The van der Waals surface area contributed by atoms with Gasteiger partial charge in [0, 0.05) is 24.5 Å². The van der Waals surface area contributed by atoms with Crippen LogP contribution < -0.4 is 5.32 Å². The maximum atomic E-state index is 14.2. The van der Waals surface area contributed by atoms with Crippen molar-refractivity contribution < 1.29 is 17.6 Å². The average molecular weight is 234 g/mol. The van der Waals surface area contributed by atoms with Crippen LogP contribution >= 0.6 is 0 Å². The molecule has 6 heteroatoms. The van der Waals surface area contributed by atoms with Crippen LogP contribution in [0.5, 0.6) is 0 Å². The van der Waals surface area contributed by atoms with E-state index in [4.69, 9.17) is 0 Å². The lowest BCUT2D eigenvalue weighted by Crippen LogP contribution is -2.27. The highest BCUT2D eigenvalue weighted by Gasteiger charge is 2.43. The maximum absolute atomic E-state index is 14.2. The van der Waals surface area contributed by atoms with Crippen molar-refractivity contribution in [2.45, 2.75) is 18.3 Å². The summed E-state index contributed by atoms with van der Waals surface area (Å²) >= 11 is 0. The third-order valence-electron chi connectivity index (χ3n) is 2.71. The number of hydrogen-bond acceptors (Lipinski definition) is 2. The molecule has 1 aromatic heterocycles. The number of aromatic nitrogens is 1. The zero-order chi connectivity index (χ0) is 11.8. The zero-order valence-electron chi connectivity index (χ0n) is 8.31. The second-order valence-electron chi connectivity index (χ2n) is 3.81. The van der Waals surface area contributed by atoms with Gasteiger partial charge in [0.1, 0.15) is 0 Å². The highest BCUT2D eigenvalue weighted by atomic mass is 19.4. The van der Waals surface area contributed by atoms with Crippen LogP contribution in [-0.4, -0.2) is 18.1 Å². The van der Waals surface area contributed by atoms with Crippen LogP contribution in [-0.2, 0) is 11.8 Å². The van der Waals surface area contributed by atoms with Crippen molar-refractivity contribution in [2.24, 2.45) is 0 Å². The van der Waals surface area contributed by atoms with Crippen molar-refractivity contribution in [1.29, 1.82) is 0 Å². The van der Waals surface area contributed by atoms with Crippen LogP contribution in [0.4, 0.5) is 17.6 Å². The van der Waals surface area contributed by atoms with Crippen LogP contribution in [0.2, 0.25) is 0 Å². The number of halogens is 4. The van der Waals surface area contributed by atoms with Crippen LogP contribution in [0.15, 0.2) is 18.5 Å². The monoisotopic (exact) mass is 234 g/mol. The summed E-state index contributed by atoms with van der Waals surface area (Å²) in [6, 6.07) is 0.814. The first kappa shape index (κ1) is 11.3. The van der Waals surface area contributed by atoms with Gasteiger partial charge in [0.15, 0.2) is 5.67 Å². The second kappa shape index (κ2) is 3.69. The summed E-state index contributed by atoms with van der Waals surface area (Å²) in [6.45, 7) is 0.282. The van der Waals surface area contributed by atoms with Crippen LogP contribution in [0.1, 0.15) is 17.5 Å². The molecule has 1 saturated heterocycles. The molecule has 1 fully saturated rings. The lowest BCUT2D eigenvalue weighted by Gasteiger charge is -2.22. The minimum absolute atomic E-state index is 0.0434. The summed E-state index contributed by atoms with van der Waals surface area (Å²) in [4.78, 5) is 3.58. The van der Waals surface area contributed by atoms with Crippen LogP contribution in [0.25, 0.3) is 0 Å². The highest BCUT2D eigenvalue weighted by molar-refractivity contribution is 5.33. The van der Waals surface area contributed by atoms with Crippen molar-refractivity contribution in [3.05, 3.63) is 29.6 Å². The lowest BCUT2D eigenvalue weighted by atomic mass is 9.92. The molecule has 0 bridgehead atoms. The molecule has 1 aromatic rings. The predicted molar refractivity (Wildman–Crippen MR) is 49.5 cm³/mol. The number of hydrogen-bond donors (Lipinski definition) is 1. The van der Waals surface area contributed by atoms with E-state index in [9.17, 15) is 17.6 Å². The van der Waals surface area contributed by atoms with Crippen molar-refractivity contribution in [3.63, 3.8) is 0 Å². The SMILES string of the molecule is FC(F)(F)c1ccncc1C1(F)CCNC1. The van der Waals surface area contributed by atoms with Crippen molar-refractivity contribution in [1.82, 2.24) is 10.3 Å². The summed E-state index contributed by atoms with van der Waals surface area (Å²) < 4.78 is 52.2. The second-order valence-corrected chi connectivity index (χ2v) is 3.81. The molecule has 0 saturated carbocycles. The van der Waals surface area contributed by atoms with E-state index < -0.39 is 17.4 Å². The number of alkyl halides is 4. The largest absolute Gasteiger partial charge is 0.416 e. The van der Waals surface area contributed by atoms with Gasteiger partial charge in [-0.15, -0.1) is 0 Å². The molecule has 1 N–H and O–H groups in total. The molecule has 88 valence electrons. The van der Waals surface area contributed by atoms with Gasteiger partial charge in [-0.05, 0) is 19.0 Å². The topological polar surface area (TPSA) is 24.9 Å². The number of nitrogens with one attached hydrogen (secondary N) is 1. The number of pyridine rings is 1. The molecular formula is C10H10F4N2. The fourth-order valence-corrected chi connectivity index (χ4v) is 1.89. The van der Waals surface area contributed by atoms with E-state index in [1.165, 1.54) is 0 Å². The highest BCUT2D eigenvalue weighted by Crippen LogP contribution is 2.40. The Labute approximate surface area is 89.7 Å². The summed E-state index contributed by atoms with van der Waals surface area (Å²) in [5.74, 6) is 0. The van der Waals surface area contributed by atoms with Gasteiger partial charge in [0.2, 0.25) is 0 Å². The van der Waals surface area contributed by atoms with E-state index in [0.29, 0.717) is 6.54 Å². The van der Waals surface area contributed by atoms with Gasteiger partial charge in [0.05, 0.1) is 5.56 Å². The fourth-order valence-electron chi connectivity index (χ4n) is 1.89. The Hall–Kier alpha value is -1.17. The van der Waals surface area contributed by atoms with Crippen molar-refractivity contribution >= 4 is 0 Å². The minimum Gasteiger partial charge on any atom is -0.313 e. The third kappa shape index (κ3) is 1.89. The van der Waals surface area contributed by atoms with Crippen molar-refractivity contribution in [3.8, 4) is 0 Å². The molecule has 2 heterocycles. The predicted octanol–water partition coefficient (Wildman–Crippen LogP) is 2.26. The van der Waals surface area contributed by atoms with E-state index in [2.05, 4.69) is 10.3 Å². The molecule has 0 radical (unpaired) electrons. The van der Waals surface area contributed by atoms with Gasteiger partial charge in [0.25, 0.3) is 0 Å². The molecular weight excluding hydrogens is 224 g/mol. The zero-order valence-corrected chi connectivity index (χ0v) is 8.31. The minimum atomic E-state index is -4.54. The Morgan fingerprint density at radius 1 is 1.38 bits per heavy atom. The molecule has 1 unspecified atom stereocenters. The van der Waals surface area contributed by atoms with E-state index in [1.54, 1.807) is 0 Å². The first-order valence-corrected chi connectivity index (χ1v) is 4.85. The average Bonchev–Trinajstić information content (AvgIpc) is 2.65. The Bertz CT molecular complexity index is 383. The van der Waals surface area contributed by atoms with E-state index in [1.807, 2.05) is 0 Å². The Balaban J connectivity index is 2.48. The van der Waals surface area contributed by atoms with Gasteiger partial charge in [-0.25, -0.2) is 4.39 Å². The van der Waals surface area contributed by atoms with Gasteiger partial charge < -0.3 is 5.32 Å². The molecule has 1 aliphatic rings. The number of nitrogens with zero attached hydrogens (tertiary/aromatic N) is 1. The summed E-state index contributed by atoms with van der Waals surface area (Å²) in [5.41, 5.74) is -3.26. The van der Waals surface area contributed by atoms with E-state index in [0.717, 1.165) is 18.5 Å². The van der Waals surface area contributed by atoms with Gasteiger partial charge >= 0.3 is 6.18 Å². The maximum Gasteiger partial charge on any atom is 0.416 e. The van der Waals surface area contributed by atoms with Crippen LogP contribution in [0.3, 0.4) is 0 Å². The first-order valence-electron chi connectivity index (χ1n) is 4.85. The number of rotatable bonds is 1. The van der Waals surface area contributed by atoms with Gasteiger partial charge in [-0.2, -0.15) is 13.2 Å². The molecule has 1 atom stereocenters. The standard InChI is InChI=1S/C10H10F4N2/c11-9(2-4-16-6-9)8-5-15-3-1-7(8)10(12,13)14/h1,3,5,16H,2,4,6H2. The summed E-state index contributed by atoms with van der Waals surface area (Å²) in [5, 5.41) is 2.72. The lowest BCUT2D eigenvalue weighted by molar-refractivity contribution is -0.139. The molecule has 2 rings (SSSR count). The molecule has 0 aromatic carbocycles. The Morgan fingerprint density at radius 2 is 2.12 bits per heavy atom. The van der Waals surface area contributed by atoms with Gasteiger partial charge in [-0.1, -0.05) is 0 Å². The molecule has 0 amide bonds. The quantitative estimate of drug-likeness (QED) is 0.754. The summed E-state index contributed by atoms with van der Waals surface area (Å²) in [6.07, 6.45) is -2.50. The first-order chi connectivity index (χ1) is 7.43.